The third-order valence-corrected chi connectivity index (χ3v) is 4.75. The molecular formula is C24H24N2O4. The van der Waals surface area contributed by atoms with Crippen LogP contribution in [0.3, 0.4) is 0 Å². The lowest BCUT2D eigenvalue weighted by Crippen LogP contribution is -2.42. The van der Waals surface area contributed by atoms with Gasteiger partial charge in [-0.3, -0.25) is 20.4 Å². The van der Waals surface area contributed by atoms with Gasteiger partial charge in [-0.05, 0) is 29.3 Å². The van der Waals surface area contributed by atoms with Crippen LogP contribution < -0.4 is 20.3 Å². The summed E-state index contributed by atoms with van der Waals surface area (Å²) < 4.78 is 10.4. The number of hydrazine groups is 1. The van der Waals surface area contributed by atoms with E-state index in [0.717, 1.165) is 11.1 Å². The van der Waals surface area contributed by atoms with Crippen molar-refractivity contribution in [3.8, 4) is 11.5 Å². The van der Waals surface area contributed by atoms with Crippen LogP contribution in [0.25, 0.3) is 0 Å². The van der Waals surface area contributed by atoms with E-state index in [1.807, 2.05) is 60.7 Å². The summed E-state index contributed by atoms with van der Waals surface area (Å²) in [5, 5.41) is 0. The molecule has 30 heavy (non-hydrogen) atoms. The fraction of sp³-hybridized carbons (Fsp3) is 0.167. The van der Waals surface area contributed by atoms with Crippen molar-refractivity contribution < 1.29 is 19.1 Å². The first-order chi connectivity index (χ1) is 14.6. The standard InChI is InChI=1S/C24H24N2O4/c1-29-21-14-13-19(15-22(21)30-2)24(28)26-25-23(27)16-20(17-9-5-3-6-10-17)18-11-7-4-8-12-18/h3-15,20H,16H2,1-2H3,(H,25,27)(H,26,28). The van der Waals surface area contributed by atoms with Crippen molar-refractivity contribution in [3.05, 3.63) is 95.6 Å². The summed E-state index contributed by atoms with van der Waals surface area (Å²) in [7, 11) is 3.02. The highest BCUT2D eigenvalue weighted by molar-refractivity contribution is 5.96. The van der Waals surface area contributed by atoms with Gasteiger partial charge in [-0.15, -0.1) is 0 Å². The monoisotopic (exact) mass is 404 g/mol. The molecule has 154 valence electrons. The zero-order chi connectivity index (χ0) is 21.3. The second kappa shape index (κ2) is 10.1. The van der Waals surface area contributed by atoms with Gasteiger partial charge in [-0.1, -0.05) is 60.7 Å². The van der Waals surface area contributed by atoms with Crippen molar-refractivity contribution in [2.75, 3.05) is 14.2 Å². The Bertz CT molecular complexity index is 951. The summed E-state index contributed by atoms with van der Waals surface area (Å²) in [6, 6.07) is 24.4. The van der Waals surface area contributed by atoms with E-state index in [1.165, 1.54) is 14.2 Å². The molecule has 0 atom stereocenters. The number of hydrogen-bond acceptors (Lipinski definition) is 4. The fourth-order valence-corrected chi connectivity index (χ4v) is 3.21. The van der Waals surface area contributed by atoms with Crippen molar-refractivity contribution in [2.45, 2.75) is 12.3 Å². The molecule has 0 spiro atoms. The van der Waals surface area contributed by atoms with Crippen LogP contribution in [0.15, 0.2) is 78.9 Å². The molecule has 3 aromatic rings. The number of rotatable bonds is 7. The molecule has 3 rings (SSSR count). The first-order valence-corrected chi connectivity index (χ1v) is 9.53. The molecule has 0 unspecified atom stereocenters. The third kappa shape index (κ3) is 5.17. The van der Waals surface area contributed by atoms with Crippen LogP contribution in [0.1, 0.15) is 33.8 Å². The molecule has 3 aromatic carbocycles. The van der Waals surface area contributed by atoms with E-state index in [1.54, 1.807) is 18.2 Å². The molecular weight excluding hydrogens is 380 g/mol. The average molecular weight is 404 g/mol. The average Bonchev–Trinajstić information content (AvgIpc) is 2.81. The molecule has 2 N–H and O–H groups in total. The SMILES string of the molecule is COc1ccc(C(=O)NNC(=O)CC(c2ccccc2)c2ccccc2)cc1OC. The minimum absolute atomic E-state index is 0.120. The minimum atomic E-state index is -0.444. The number of amides is 2. The molecule has 0 aliphatic heterocycles. The van der Waals surface area contributed by atoms with Gasteiger partial charge in [0.1, 0.15) is 0 Å². The number of carbonyl (C=O) groups excluding carboxylic acids is 2. The highest BCUT2D eigenvalue weighted by Gasteiger charge is 2.19. The molecule has 6 nitrogen and oxygen atoms in total. The second-order valence-electron chi connectivity index (χ2n) is 6.65. The highest BCUT2D eigenvalue weighted by atomic mass is 16.5. The fourth-order valence-electron chi connectivity index (χ4n) is 3.21. The van der Waals surface area contributed by atoms with Crippen LogP contribution >= 0.6 is 0 Å². The van der Waals surface area contributed by atoms with Gasteiger partial charge in [0.2, 0.25) is 5.91 Å². The van der Waals surface area contributed by atoms with Crippen LogP contribution in [0.2, 0.25) is 0 Å². The van der Waals surface area contributed by atoms with E-state index in [0.29, 0.717) is 17.1 Å². The molecule has 0 saturated heterocycles. The lowest BCUT2D eigenvalue weighted by Gasteiger charge is -2.18. The largest absolute Gasteiger partial charge is 0.493 e. The van der Waals surface area contributed by atoms with Crippen LogP contribution in [0, 0.1) is 0 Å². The number of carbonyl (C=O) groups is 2. The van der Waals surface area contributed by atoms with Crippen molar-refractivity contribution in [1.82, 2.24) is 10.9 Å². The van der Waals surface area contributed by atoms with Crippen LogP contribution in [-0.2, 0) is 4.79 Å². The lowest BCUT2D eigenvalue weighted by atomic mass is 9.88. The number of ether oxygens (including phenoxy) is 2. The second-order valence-corrected chi connectivity index (χ2v) is 6.65. The van der Waals surface area contributed by atoms with E-state index in [9.17, 15) is 9.59 Å². The highest BCUT2D eigenvalue weighted by Crippen LogP contribution is 2.28. The normalized spacial score (nSPS) is 10.4. The first kappa shape index (κ1) is 20.9. The third-order valence-electron chi connectivity index (χ3n) is 4.75. The van der Waals surface area contributed by atoms with Crippen LogP contribution in [0.4, 0.5) is 0 Å². The number of nitrogens with one attached hydrogen (secondary N) is 2. The maximum Gasteiger partial charge on any atom is 0.269 e. The predicted octanol–water partition coefficient (Wildman–Crippen LogP) is 3.69. The van der Waals surface area contributed by atoms with Gasteiger partial charge in [0, 0.05) is 17.9 Å². The molecule has 0 aliphatic rings. The van der Waals surface area contributed by atoms with Crippen molar-refractivity contribution in [2.24, 2.45) is 0 Å². The molecule has 0 aromatic heterocycles. The Morgan fingerprint density at radius 3 is 1.87 bits per heavy atom. The van der Waals surface area contributed by atoms with Gasteiger partial charge < -0.3 is 9.47 Å². The van der Waals surface area contributed by atoms with Gasteiger partial charge in [0.15, 0.2) is 11.5 Å². The van der Waals surface area contributed by atoms with Crippen molar-refractivity contribution in [3.63, 3.8) is 0 Å². The van der Waals surface area contributed by atoms with Crippen molar-refractivity contribution >= 4 is 11.8 Å². The van der Waals surface area contributed by atoms with Gasteiger partial charge in [0.05, 0.1) is 14.2 Å². The summed E-state index contributed by atoms with van der Waals surface area (Å²) >= 11 is 0. The zero-order valence-electron chi connectivity index (χ0n) is 16.9. The van der Waals surface area contributed by atoms with E-state index in [2.05, 4.69) is 10.9 Å². The Morgan fingerprint density at radius 2 is 1.33 bits per heavy atom. The molecule has 0 aliphatic carbocycles. The predicted molar refractivity (Wildman–Crippen MR) is 114 cm³/mol. The number of hydrogen-bond donors (Lipinski definition) is 2. The van der Waals surface area contributed by atoms with Gasteiger partial charge in [-0.2, -0.15) is 0 Å². The Balaban J connectivity index is 1.67. The Hall–Kier alpha value is -3.80. The zero-order valence-corrected chi connectivity index (χ0v) is 16.9. The van der Waals surface area contributed by atoms with Gasteiger partial charge >= 0.3 is 0 Å². The summed E-state index contributed by atoms with van der Waals surface area (Å²) in [6.45, 7) is 0. The molecule has 2 amide bonds. The molecule has 0 radical (unpaired) electrons. The van der Waals surface area contributed by atoms with Gasteiger partial charge in [0.25, 0.3) is 5.91 Å². The van der Waals surface area contributed by atoms with E-state index < -0.39 is 5.91 Å². The first-order valence-electron chi connectivity index (χ1n) is 9.53. The molecule has 6 heteroatoms. The maximum absolute atomic E-state index is 12.6. The van der Waals surface area contributed by atoms with E-state index >= 15 is 0 Å². The summed E-state index contributed by atoms with van der Waals surface area (Å²) in [5.74, 6) is 0.100. The molecule has 0 fully saturated rings. The maximum atomic E-state index is 12.6. The quantitative estimate of drug-likeness (QED) is 0.589. The molecule has 0 heterocycles. The molecule has 0 bridgehead atoms. The Labute approximate surface area is 175 Å². The topological polar surface area (TPSA) is 76.7 Å². The van der Waals surface area contributed by atoms with E-state index in [-0.39, 0.29) is 18.2 Å². The van der Waals surface area contributed by atoms with Crippen LogP contribution in [0.5, 0.6) is 11.5 Å². The van der Waals surface area contributed by atoms with E-state index in [4.69, 9.17) is 9.47 Å². The van der Waals surface area contributed by atoms with Crippen LogP contribution in [-0.4, -0.2) is 26.0 Å². The minimum Gasteiger partial charge on any atom is -0.493 e. The summed E-state index contributed by atoms with van der Waals surface area (Å²) in [6.07, 6.45) is 0.195. The van der Waals surface area contributed by atoms with Gasteiger partial charge in [-0.25, -0.2) is 0 Å². The summed E-state index contributed by atoms with van der Waals surface area (Å²) in [4.78, 5) is 25.0. The number of methoxy groups -OCH3 is 2. The summed E-state index contributed by atoms with van der Waals surface area (Å²) in [5.41, 5.74) is 7.38. The lowest BCUT2D eigenvalue weighted by molar-refractivity contribution is -0.122. The van der Waals surface area contributed by atoms with Crippen molar-refractivity contribution in [1.29, 1.82) is 0 Å². The smallest absolute Gasteiger partial charge is 0.269 e. The number of benzene rings is 3. The Kier molecular flexibility index (Phi) is 7.05. The molecule has 0 saturated carbocycles. The Morgan fingerprint density at radius 1 is 0.767 bits per heavy atom.